The van der Waals surface area contributed by atoms with Gasteiger partial charge in [-0.25, -0.2) is 0 Å². The quantitative estimate of drug-likeness (QED) is 0.571. The predicted octanol–water partition coefficient (Wildman–Crippen LogP) is 1.24. The molecule has 0 amide bonds. The molecule has 0 aromatic heterocycles. The zero-order valence-electron chi connectivity index (χ0n) is 6.39. The number of hydrogen-bond acceptors (Lipinski definition) is 2. The molecular formula is C7H15NO. The molecule has 0 rings (SSSR count). The van der Waals surface area contributed by atoms with E-state index in [1.807, 2.05) is 0 Å². The molecule has 0 radical (unpaired) electrons. The Labute approximate surface area is 56.6 Å². The number of hydrogen-bond donors (Lipinski definition) is 1. The lowest BCUT2D eigenvalue weighted by Crippen LogP contribution is -2.20. The molecule has 0 heterocycles. The van der Waals surface area contributed by atoms with Crippen molar-refractivity contribution in [2.24, 2.45) is 4.99 Å². The first kappa shape index (κ1) is 8.63. The Morgan fingerprint density at radius 1 is 1.56 bits per heavy atom. The molecule has 9 heavy (non-hydrogen) atoms. The van der Waals surface area contributed by atoms with Crippen LogP contribution in [0.2, 0.25) is 0 Å². The SMILES string of the molecule is CCCN=CC(C)(C)O. The van der Waals surface area contributed by atoms with Crippen molar-refractivity contribution in [1.82, 2.24) is 0 Å². The van der Waals surface area contributed by atoms with Gasteiger partial charge in [-0.15, -0.1) is 0 Å². The average Bonchev–Trinajstić information content (AvgIpc) is 1.63. The molecule has 0 spiro atoms. The van der Waals surface area contributed by atoms with Crippen LogP contribution in [0.5, 0.6) is 0 Å². The Bertz CT molecular complexity index is 91.6. The van der Waals surface area contributed by atoms with E-state index in [4.69, 9.17) is 5.11 Å². The molecule has 0 bridgehead atoms. The van der Waals surface area contributed by atoms with Gasteiger partial charge in [-0.2, -0.15) is 0 Å². The Balaban J connectivity index is 3.45. The van der Waals surface area contributed by atoms with Crippen molar-refractivity contribution < 1.29 is 5.11 Å². The monoisotopic (exact) mass is 129 g/mol. The first-order chi connectivity index (χ1) is 4.06. The van der Waals surface area contributed by atoms with Gasteiger partial charge in [0.25, 0.3) is 0 Å². The van der Waals surface area contributed by atoms with Gasteiger partial charge in [-0.05, 0) is 20.3 Å². The molecule has 0 saturated carbocycles. The minimum atomic E-state index is -0.741. The van der Waals surface area contributed by atoms with E-state index in [0.717, 1.165) is 13.0 Å². The van der Waals surface area contributed by atoms with E-state index in [0.29, 0.717) is 0 Å². The van der Waals surface area contributed by atoms with Gasteiger partial charge in [0, 0.05) is 12.8 Å². The van der Waals surface area contributed by atoms with E-state index in [-0.39, 0.29) is 0 Å². The number of aliphatic imine (C=N–C) groups is 1. The molecule has 1 N–H and O–H groups in total. The fourth-order valence-electron chi connectivity index (χ4n) is 0.417. The topological polar surface area (TPSA) is 32.6 Å². The summed E-state index contributed by atoms with van der Waals surface area (Å²) in [5.74, 6) is 0. The third kappa shape index (κ3) is 7.63. The maximum atomic E-state index is 9.09. The second-order valence-electron chi connectivity index (χ2n) is 2.69. The van der Waals surface area contributed by atoms with Crippen LogP contribution in [-0.2, 0) is 0 Å². The Hall–Kier alpha value is -0.370. The third-order valence-corrected chi connectivity index (χ3v) is 0.760. The van der Waals surface area contributed by atoms with E-state index in [1.54, 1.807) is 20.1 Å². The van der Waals surface area contributed by atoms with Crippen LogP contribution in [0, 0.1) is 0 Å². The van der Waals surface area contributed by atoms with Crippen LogP contribution >= 0.6 is 0 Å². The highest BCUT2D eigenvalue weighted by Crippen LogP contribution is 1.94. The summed E-state index contributed by atoms with van der Waals surface area (Å²) < 4.78 is 0. The summed E-state index contributed by atoms with van der Waals surface area (Å²) in [5, 5.41) is 9.09. The van der Waals surface area contributed by atoms with Crippen molar-refractivity contribution in [3.05, 3.63) is 0 Å². The third-order valence-electron chi connectivity index (χ3n) is 0.760. The molecule has 2 heteroatoms. The average molecular weight is 129 g/mol. The van der Waals surface area contributed by atoms with E-state index < -0.39 is 5.60 Å². The summed E-state index contributed by atoms with van der Waals surface area (Å²) in [5.41, 5.74) is -0.741. The van der Waals surface area contributed by atoms with E-state index in [9.17, 15) is 0 Å². The Kier molecular flexibility index (Phi) is 3.47. The molecule has 2 nitrogen and oxygen atoms in total. The lowest BCUT2D eigenvalue weighted by atomic mass is 10.2. The van der Waals surface area contributed by atoms with Crippen LogP contribution < -0.4 is 0 Å². The molecule has 0 unspecified atom stereocenters. The van der Waals surface area contributed by atoms with E-state index in [2.05, 4.69) is 11.9 Å². The summed E-state index contributed by atoms with van der Waals surface area (Å²) in [6, 6.07) is 0. The number of nitrogens with zero attached hydrogens (tertiary/aromatic N) is 1. The highest BCUT2D eigenvalue weighted by molar-refractivity contribution is 5.66. The molecule has 54 valence electrons. The van der Waals surface area contributed by atoms with Gasteiger partial charge in [0.15, 0.2) is 0 Å². The molecule has 0 aliphatic carbocycles. The lowest BCUT2D eigenvalue weighted by Gasteiger charge is -2.08. The van der Waals surface area contributed by atoms with E-state index in [1.165, 1.54) is 0 Å². The van der Waals surface area contributed by atoms with Crippen LogP contribution in [0.25, 0.3) is 0 Å². The first-order valence-electron chi connectivity index (χ1n) is 3.29. The van der Waals surface area contributed by atoms with Gasteiger partial charge >= 0.3 is 0 Å². The summed E-state index contributed by atoms with van der Waals surface area (Å²) in [4.78, 5) is 3.99. The highest BCUT2D eigenvalue weighted by atomic mass is 16.3. The van der Waals surface area contributed by atoms with Crippen LogP contribution in [0.15, 0.2) is 4.99 Å². The van der Waals surface area contributed by atoms with Crippen molar-refractivity contribution in [2.75, 3.05) is 6.54 Å². The molecule has 0 aromatic rings. The summed E-state index contributed by atoms with van der Waals surface area (Å²) in [7, 11) is 0. The molecular weight excluding hydrogens is 114 g/mol. The summed E-state index contributed by atoms with van der Waals surface area (Å²) in [6.07, 6.45) is 2.61. The van der Waals surface area contributed by atoms with Gasteiger partial charge in [-0.3, -0.25) is 4.99 Å². The van der Waals surface area contributed by atoms with Gasteiger partial charge < -0.3 is 5.11 Å². The zero-order valence-corrected chi connectivity index (χ0v) is 6.39. The largest absolute Gasteiger partial charge is 0.385 e. The van der Waals surface area contributed by atoms with Crippen molar-refractivity contribution in [3.8, 4) is 0 Å². The molecule has 0 fully saturated rings. The van der Waals surface area contributed by atoms with E-state index >= 15 is 0 Å². The minimum absolute atomic E-state index is 0.741. The second kappa shape index (κ2) is 3.62. The first-order valence-corrected chi connectivity index (χ1v) is 3.29. The predicted molar refractivity (Wildman–Crippen MR) is 39.9 cm³/mol. The lowest BCUT2D eigenvalue weighted by molar-refractivity contribution is 0.159. The van der Waals surface area contributed by atoms with Crippen molar-refractivity contribution in [2.45, 2.75) is 32.8 Å². The van der Waals surface area contributed by atoms with Gasteiger partial charge in [0.2, 0.25) is 0 Å². The van der Waals surface area contributed by atoms with Gasteiger partial charge in [0.05, 0.1) is 5.60 Å². The van der Waals surface area contributed by atoms with Crippen molar-refractivity contribution in [1.29, 1.82) is 0 Å². The maximum absolute atomic E-state index is 9.09. The summed E-state index contributed by atoms with van der Waals surface area (Å²) in [6.45, 7) is 6.30. The standard InChI is InChI=1S/C7H15NO/c1-4-5-8-6-7(2,3)9/h6,9H,4-5H2,1-3H3. The fourth-order valence-corrected chi connectivity index (χ4v) is 0.417. The van der Waals surface area contributed by atoms with Gasteiger partial charge in [0.1, 0.15) is 0 Å². The number of aliphatic hydroxyl groups is 1. The van der Waals surface area contributed by atoms with Crippen LogP contribution in [0.1, 0.15) is 27.2 Å². The molecule has 0 aliphatic rings. The fraction of sp³-hybridized carbons (Fsp3) is 0.857. The highest BCUT2D eigenvalue weighted by Gasteiger charge is 2.05. The Morgan fingerprint density at radius 2 is 2.11 bits per heavy atom. The molecule has 0 aromatic carbocycles. The smallest absolute Gasteiger partial charge is 0.0936 e. The molecule has 0 saturated heterocycles. The normalized spacial score (nSPS) is 12.9. The van der Waals surface area contributed by atoms with Crippen molar-refractivity contribution in [3.63, 3.8) is 0 Å². The molecule has 0 atom stereocenters. The van der Waals surface area contributed by atoms with Crippen molar-refractivity contribution >= 4 is 6.21 Å². The molecule has 0 aliphatic heterocycles. The van der Waals surface area contributed by atoms with Crippen LogP contribution in [-0.4, -0.2) is 23.5 Å². The minimum Gasteiger partial charge on any atom is -0.385 e. The number of rotatable bonds is 3. The zero-order chi connectivity index (χ0) is 7.33. The van der Waals surface area contributed by atoms with Crippen LogP contribution in [0.4, 0.5) is 0 Å². The van der Waals surface area contributed by atoms with Crippen LogP contribution in [0.3, 0.4) is 0 Å². The van der Waals surface area contributed by atoms with Gasteiger partial charge in [-0.1, -0.05) is 6.92 Å². The summed E-state index contributed by atoms with van der Waals surface area (Å²) >= 11 is 0. The second-order valence-corrected chi connectivity index (χ2v) is 2.69. The Morgan fingerprint density at radius 3 is 2.44 bits per heavy atom. The maximum Gasteiger partial charge on any atom is 0.0936 e.